The molecule has 67 heavy (non-hydrogen) atoms. The van der Waals surface area contributed by atoms with Gasteiger partial charge in [-0.3, -0.25) is 19.6 Å². The lowest BCUT2D eigenvalue weighted by molar-refractivity contribution is -0.118. The molecule has 0 bridgehead atoms. The number of hydrogen-bond acceptors (Lipinski definition) is 6. The topological polar surface area (TPSA) is 102 Å². The number of carbonyl (C=O) groups excluding carboxylic acids is 2. The molecule has 2 N–H and O–H groups in total. The number of methoxy groups -OCH3 is 2. The first-order valence-electron chi connectivity index (χ1n) is 25.1. The number of nitrogens with zero attached hydrogens (tertiary/aromatic N) is 2. The van der Waals surface area contributed by atoms with Crippen LogP contribution in [0, 0.1) is 11.8 Å². The van der Waals surface area contributed by atoms with E-state index in [1.165, 1.54) is 78.3 Å². The number of ether oxygens (including phenoxy) is 2. The maximum Gasteiger partial charge on any atom is 0.244 e. The molecule has 4 aromatic rings. The van der Waals surface area contributed by atoms with E-state index >= 15 is 0 Å². The Hall–Kier alpha value is -5.76. The van der Waals surface area contributed by atoms with Crippen molar-refractivity contribution in [3.8, 4) is 11.5 Å². The maximum absolute atomic E-state index is 12.6. The third-order valence-corrected chi connectivity index (χ3v) is 12.4. The lowest BCUT2D eigenvalue weighted by atomic mass is 9.97. The van der Waals surface area contributed by atoms with Gasteiger partial charge in [-0.15, -0.1) is 0 Å². The third kappa shape index (κ3) is 22.1. The minimum atomic E-state index is -0.0311. The normalized spacial score (nSPS) is 13.8. The molecule has 0 unspecified atom stereocenters. The fraction of sp³-hybridized carbons (Fsp3) is 0.458. The molecule has 8 heteroatoms. The number of nitrogens with one attached hydrogen (secondary N) is 2. The summed E-state index contributed by atoms with van der Waals surface area (Å²) in [7, 11) is 3.36. The molecule has 2 aromatic heterocycles. The van der Waals surface area contributed by atoms with Crippen LogP contribution in [0.25, 0.3) is 11.1 Å². The molecule has 2 aromatic carbocycles. The number of aromatic nitrogens is 2. The number of hydrogen-bond donors (Lipinski definition) is 2. The van der Waals surface area contributed by atoms with E-state index < -0.39 is 0 Å². The largest absolute Gasteiger partial charge is 0.497 e. The summed E-state index contributed by atoms with van der Waals surface area (Å²) in [6.45, 7) is 8.77. The fourth-order valence-corrected chi connectivity index (χ4v) is 8.17. The number of rotatable bonds is 29. The lowest BCUT2D eigenvalue weighted by Gasteiger charge is -2.21. The van der Waals surface area contributed by atoms with Crippen LogP contribution in [-0.2, 0) is 22.4 Å². The molecule has 2 atom stereocenters. The van der Waals surface area contributed by atoms with Crippen molar-refractivity contribution in [1.82, 2.24) is 20.6 Å². The second-order valence-corrected chi connectivity index (χ2v) is 18.1. The molecular formula is C59H80N4O4. The summed E-state index contributed by atoms with van der Waals surface area (Å²) in [5, 5.41) is 6.46. The number of allylic oxidation sites excluding steroid dienone is 6. The Labute approximate surface area is 403 Å². The van der Waals surface area contributed by atoms with Gasteiger partial charge in [-0.25, -0.2) is 0 Å². The van der Waals surface area contributed by atoms with Crippen LogP contribution in [0.4, 0.5) is 0 Å². The van der Waals surface area contributed by atoms with Gasteiger partial charge >= 0.3 is 0 Å². The van der Waals surface area contributed by atoms with Gasteiger partial charge < -0.3 is 20.1 Å². The number of benzene rings is 2. The van der Waals surface area contributed by atoms with Gasteiger partial charge in [0.15, 0.2) is 0 Å². The first-order valence-corrected chi connectivity index (χ1v) is 25.1. The summed E-state index contributed by atoms with van der Waals surface area (Å²) in [6.07, 6.45) is 37.7. The molecule has 1 saturated carbocycles. The van der Waals surface area contributed by atoms with E-state index in [-0.39, 0.29) is 23.9 Å². The fourth-order valence-electron chi connectivity index (χ4n) is 8.17. The van der Waals surface area contributed by atoms with E-state index in [0.29, 0.717) is 11.8 Å². The van der Waals surface area contributed by atoms with Crippen LogP contribution in [0.3, 0.4) is 0 Å². The van der Waals surface area contributed by atoms with Gasteiger partial charge in [0.05, 0.1) is 14.2 Å². The van der Waals surface area contributed by atoms with Crippen LogP contribution in [-0.4, -0.2) is 48.1 Å². The smallest absolute Gasteiger partial charge is 0.244 e. The predicted octanol–water partition coefficient (Wildman–Crippen LogP) is 13.7. The van der Waals surface area contributed by atoms with Crippen LogP contribution in [0.1, 0.15) is 146 Å². The minimum absolute atomic E-state index is 0.00664. The molecule has 0 spiro atoms. The Balaban J connectivity index is 0.000000293. The van der Waals surface area contributed by atoms with Crippen LogP contribution >= 0.6 is 0 Å². The molecule has 1 aliphatic rings. The highest BCUT2D eigenvalue weighted by atomic mass is 16.5. The Morgan fingerprint density at radius 3 is 1.55 bits per heavy atom. The molecule has 1 fully saturated rings. The summed E-state index contributed by atoms with van der Waals surface area (Å²) in [5.41, 5.74) is 7.37. The lowest BCUT2D eigenvalue weighted by Crippen LogP contribution is -2.37. The van der Waals surface area contributed by atoms with Crippen LogP contribution in [0.15, 0.2) is 134 Å². The van der Waals surface area contributed by atoms with Crippen molar-refractivity contribution < 1.29 is 19.1 Å². The molecule has 0 radical (unpaired) electrons. The van der Waals surface area contributed by atoms with E-state index in [1.54, 1.807) is 38.8 Å². The standard InChI is InChI=1S/C30H42N2O2.C29H38N2O2/c1-5-6-7-8-14-26(27-18-20-28(34-4)21-19-27)15-10-17-30(33)32-29(24(2)3)16-9-12-25-13-11-22-31-23-25;1-3-4-5-11-24(25-17-19-27(33-2)20-18-25)12-7-14-29(32)31-28(26-15-16-26)13-6-9-23-10-8-21-30-22-23/h10-11,13,15,17-24,29H,5-9,12,14,16H2,1-4H3,(H,32,33);7-8,10,12,14,17-22,26,28H,3-6,9,11,13,15-16H2,1-2H3,(H,31,32)/b17-10+,26-15+;14-7+,24-12+/t29-;28-/m10/s1. The predicted molar refractivity (Wildman–Crippen MR) is 279 cm³/mol. The van der Waals surface area contributed by atoms with E-state index in [9.17, 15) is 9.59 Å². The quantitative estimate of drug-likeness (QED) is 0.0320. The van der Waals surface area contributed by atoms with Crippen LogP contribution in [0.2, 0.25) is 0 Å². The van der Waals surface area contributed by atoms with Gasteiger partial charge in [0.2, 0.25) is 11.8 Å². The van der Waals surface area contributed by atoms with Gasteiger partial charge in [0, 0.05) is 49.0 Å². The Kier molecular flexibility index (Phi) is 25.7. The van der Waals surface area contributed by atoms with Crippen molar-refractivity contribution >= 4 is 23.0 Å². The zero-order valence-corrected chi connectivity index (χ0v) is 41.6. The first kappa shape index (κ1) is 53.9. The molecule has 0 saturated heterocycles. The highest BCUT2D eigenvalue weighted by Crippen LogP contribution is 2.35. The van der Waals surface area contributed by atoms with E-state index in [0.717, 1.165) is 75.7 Å². The molecule has 2 heterocycles. The van der Waals surface area contributed by atoms with E-state index in [4.69, 9.17) is 9.47 Å². The number of carbonyl (C=O) groups is 2. The highest BCUT2D eigenvalue weighted by molar-refractivity contribution is 5.89. The zero-order chi connectivity index (χ0) is 47.9. The number of amides is 2. The third-order valence-electron chi connectivity index (χ3n) is 12.4. The number of unbranched alkanes of at least 4 members (excludes halogenated alkanes) is 5. The summed E-state index contributed by atoms with van der Waals surface area (Å²) in [6, 6.07) is 24.9. The minimum Gasteiger partial charge on any atom is -0.497 e. The van der Waals surface area contributed by atoms with Crippen molar-refractivity contribution in [3.63, 3.8) is 0 Å². The second-order valence-electron chi connectivity index (χ2n) is 18.1. The van der Waals surface area contributed by atoms with Crippen LogP contribution in [0.5, 0.6) is 11.5 Å². The van der Waals surface area contributed by atoms with Crippen molar-refractivity contribution in [2.45, 2.75) is 149 Å². The summed E-state index contributed by atoms with van der Waals surface area (Å²) in [4.78, 5) is 33.6. The Morgan fingerprint density at radius 1 is 0.627 bits per heavy atom. The number of pyridine rings is 2. The van der Waals surface area contributed by atoms with Crippen molar-refractivity contribution in [3.05, 3.63) is 156 Å². The molecule has 8 nitrogen and oxygen atoms in total. The van der Waals surface area contributed by atoms with Gasteiger partial charge in [-0.05, 0) is 159 Å². The van der Waals surface area contributed by atoms with Crippen molar-refractivity contribution in [2.24, 2.45) is 11.8 Å². The van der Waals surface area contributed by atoms with E-state index in [1.807, 2.05) is 60.9 Å². The van der Waals surface area contributed by atoms with Gasteiger partial charge in [-0.1, -0.05) is 121 Å². The molecule has 5 rings (SSSR count). The van der Waals surface area contributed by atoms with Crippen molar-refractivity contribution in [1.29, 1.82) is 0 Å². The van der Waals surface area contributed by atoms with Crippen molar-refractivity contribution in [2.75, 3.05) is 14.2 Å². The SMILES string of the molecule is CCCCC/C(=C\C=C\C(=O)N[C@@H](CCCc1cccnc1)C1CC1)c1ccc(OC)cc1.CCCCCC/C(=C\C=C\C(=O)N[C@H](CCCc1cccnc1)C(C)C)c1ccc(OC)cc1. The molecular weight excluding hydrogens is 829 g/mol. The average Bonchev–Trinajstić information content (AvgIpc) is 4.21. The molecule has 2 amide bonds. The van der Waals surface area contributed by atoms with Crippen LogP contribution < -0.4 is 20.1 Å². The second kappa shape index (κ2) is 32.0. The summed E-state index contributed by atoms with van der Waals surface area (Å²) in [5.74, 6) is 2.71. The Morgan fingerprint density at radius 2 is 1.10 bits per heavy atom. The summed E-state index contributed by atoms with van der Waals surface area (Å²) >= 11 is 0. The Bertz CT molecular complexity index is 2090. The maximum atomic E-state index is 12.6. The highest BCUT2D eigenvalue weighted by Gasteiger charge is 2.31. The van der Waals surface area contributed by atoms with Gasteiger partial charge in [0.1, 0.15) is 11.5 Å². The zero-order valence-electron chi connectivity index (χ0n) is 41.6. The average molecular weight is 909 g/mol. The monoisotopic (exact) mass is 909 g/mol. The molecule has 0 aliphatic heterocycles. The summed E-state index contributed by atoms with van der Waals surface area (Å²) < 4.78 is 10.6. The van der Waals surface area contributed by atoms with Gasteiger partial charge in [-0.2, -0.15) is 0 Å². The van der Waals surface area contributed by atoms with Gasteiger partial charge in [0.25, 0.3) is 0 Å². The number of aryl methyl sites for hydroxylation is 2. The molecule has 360 valence electrons. The first-order chi connectivity index (χ1) is 32.7. The molecule has 1 aliphatic carbocycles. The van der Waals surface area contributed by atoms with E-state index in [2.05, 4.69) is 96.8 Å².